The lowest BCUT2D eigenvalue weighted by Gasteiger charge is -2.26. The van der Waals surface area contributed by atoms with Crippen molar-refractivity contribution in [1.82, 2.24) is 4.90 Å². The summed E-state index contributed by atoms with van der Waals surface area (Å²) >= 11 is 5.83. The molecule has 4 rings (SSSR count). The first-order valence-corrected chi connectivity index (χ1v) is 12.1. The van der Waals surface area contributed by atoms with Crippen molar-refractivity contribution in [1.29, 1.82) is 0 Å². The van der Waals surface area contributed by atoms with E-state index >= 15 is 0 Å². The van der Waals surface area contributed by atoms with Gasteiger partial charge < -0.3 is 14.4 Å². The number of benzene rings is 2. The number of carbonyl (C=O) groups is 1. The number of amides is 1. The van der Waals surface area contributed by atoms with Gasteiger partial charge in [-0.05, 0) is 54.8 Å². The Morgan fingerprint density at radius 2 is 1.77 bits per heavy atom. The maximum absolute atomic E-state index is 12.9. The summed E-state index contributed by atoms with van der Waals surface area (Å²) in [5, 5.41) is 0.472. The summed E-state index contributed by atoms with van der Waals surface area (Å²) in [5.41, 5.74) is 0.991. The number of halogens is 1. The van der Waals surface area contributed by atoms with Gasteiger partial charge in [-0.2, -0.15) is 0 Å². The van der Waals surface area contributed by atoms with E-state index in [2.05, 4.69) is 0 Å². The Labute approximate surface area is 181 Å². The second kappa shape index (κ2) is 8.86. The van der Waals surface area contributed by atoms with Gasteiger partial charge in [0, 0.05) is 24.4 Å². The van der Waals surface area contributed by atoms with Crippen molar-refractivity contribution in [3.8, 4) is 11.5 Å². The predicted octanol–water partition coefficient (Wildman–Crippen LogP) is 4.03. The fraction of sp³-hybridized carbons (Fsp3) is 0.409. The molecule has 0 unspecified atom stereocenters. The van der Waals surface area contributed by atoms with E-state index in [1.807, 2.05) is 18.2 Å². The summed E-state index contributed by atoms with van der Waals surface area (Å²) in [7, 11) is -3.54. The molecule has 1 amide bonds. The van der Waals surface area contributed by atoms with Crippen LogP contribution in [0.15, 0.2) is 47.4 Å². The van der Waals surface area contributed by atoms with Crippen molar-refractivity contribution in [2.45, 2.75) is 36.6 Å². The lowest BCUT2D eigenvalue weighted by atomic mass is 10.0. The molecular formula is C22H24ClNO5S. The van der Waals surface area contributed by atoms with Crippen LogP contribution in [0.2, 0.25) is 5.02 Å². The highest BCUT2D eigenvalue weighted by Gasteiger charge is 2.31. The minimum atomic E-state index is -3.54. The number of sulfone groups is 1. The Kier molecular flexibility index (Phi) is 6.20. The highest BCUT2D eigenvalue weighted by Crippen LogP contribution is 2.38. The third-order valence-electron chi connectivity index (χ3n) is 5.49. The first kappa shape index (κ1) is 21.0. The van der Waals surface area contributed by atoms with E-state index in [4.69, 9.17) is 21.1 Å². The van der Waals surface area contributed by atoms with Gasteiger partial charge >= 0.3 is 0 Å². The fourth-order valence-corrected chi connectivity index (χ4v) is 5.28. The number of likely N-dealkylation sites (tertiary alicyclic amines) is 1. The van der Waals surface area contributed by atoms with Crippen LogP contribution >= 0.6 is 11.6 Å². The molecule has 1 atom stereocenters. The van der Waals surface area contributed by atoms with Gasteiger partial charge in [-0.15, -0.1) is 0 Å². The van der Waals surface area contributed by atoms with E-state index in [1.165, 1.54) is 24.3 Å². The summed E-state index contributed by atoms with van der Waals surface area (Å²) in [5.74, 6) is 1.05. The zero-order chi connectivity index (χ0) is 21.1. The van der Waals surface area contributed by atoms with Gasteiger partial charge in [-0.1, -0.05) is 17.7 Å². The van der Waals surface area contributed by atoms with Crippen LogP contribution in [0.1, 0.15) is 37.3 Å². The van der Waals surface area contributed by atoms with Gasteiger partial charge in [0.25, 0.3) is 0 Å². The average Bonchev–Trinajstić information content (AvgIpc) is 3.11. The summed E-state index contributed by atoms with van der Waals surface area (Å²) in [6, 6.07) is 11.7. The molecule has 2 aromatic rings. The van der Waals surface area contributed by atoms with E-state index in [0.29, 0.717) is 30.5 Å². The molecule has 30 heavy (non-hydrogen) atoms. The second-order valence-corrected chi connectivity index (χ2v) is 10.1. The largest absolute Gasteiger partial charge is 0.490 e. The Bertz CT molecular complexity index is 1020. The summed E-state index contributed by atoms with van der Waals surface area (Å²) in [4.78, 5) is 14.9. The van der Waals surface area contributed by atoms with E-state index in [9.17, 15) is 13.2 Å². The van der Waals surface area contributed by atoms with Crippen LogP contribution in [0.5, 0.6) is 11.5 Å². The molecule has 6 nitrogen and oxygen atoms in total. The molecule has 0 aromatic heterocycles. The highest BCUT2D eigenvalue weighted by molar-refractivity contribution is 7.91. The van der Waals surface area contributed by atoms with Crippen LogP contribution in [0.25, 0.3) is 0 Å². The van der Waals surface area contributed by atoms with Crippen molar-refractivity contribution in [3.63, 3.8) is 0 Å². The Balaban J connectivity index is 1.45. The zero-order valence-corrected chi connectivity index (χ0v) is 18.1. The number of hydrogen-bond acceptors (Lipinski definition) is 5. The van der Waals surface area contributed by atoms with Crippen molar-refractivity contribution < 1.29 is 22.7 Å². The predicted molar refractivity (Wildman–Crippen MR) is 114 cm³/mol. The Morgan fingerprint density at radius 3 is 2.53 bits per heavy atom. The number of rotatable bonds is 5. The number of carbonyl (C=O) groups excluding carboxylic acids is 1. The van der Waals surface area contributed by atoms with E-state index < -0.39 is 9.84 Å². The molecule has 2 aliphatic heterocycles. The normalized spacial score (nSPS) is 18.8. The minimum absolute atomic E-state index is 0.0496. The molecule has 2 aliphatic rings. The number of fused-ring (bicyclic) bond motifs is 1. The third-order valence-corrected chi connectivity index (χ3v) is 7.47. The van der Waals surface area contributed by atoms with Crippen LogP contribution in [-0.4, -0.2) is 44.7 Å². The zero-order valence-electron chi connectivity index (χ0n) is 16.6. The topological polar surface area (TPSA) is 72.9 Å². The van der Waals surface area contributed by atoms with Crippen LogP contribution in [0.4, 0.5) is 0 Å². The van der Waals surface area contributed by atoms with Gasteiger partial charge in [0.1, 0.15) is 0 Å². The molecule has 0 N–H and O–H groups in total. The molecule has 0 bridgehead atoms. The summed E-state index contributed by atoms with van der Waals surface area (Å²) in [6.45, 7) is 1.85. The van der Waals surface area contributed by atoms with Crippen LogP contribution < -0.4 is 9.47 Å². The monoisotopic (exact) mass is 449 g/mol. The van der Waals surface area contributed by atoms with E-state index in [-0.39, 0.29) is 29.0 Å². The Hall–Kier alpha value is -2.25. The van der Waals surface area contributed by atoms with Gasteiger partial charge in [0.15, 0.2) is 21.3 Å². The van der Waals surface area contributed by atoms with Gasteiger partial charge in [-0.3, -0.25) is 4.79 Å². The molecule has 1 fully saturated rings. The van der Waals surface area contributed by atoms with Crippen LogP contribution in [-0.2, 0) is 14.6 Å². The highest BCUT2D eigenvalue weighted by atomic mass is 35.5. The van der Waals surface area contributed by atoms with Crippen LogP contribution in [0, 0.1) is 0 Å². The molecule has 0 saturated carbocycles. The molecule has 1 saturated heterocycles. The summed E-state index contributed by atoms with van der Waals surface area (Å²) < 4.78 is 36.6. The first-order chi connectivity index (χ1) is 14.4. The molecule has 2 heterocycles. The average molecular weight is 450 g/mol. The molecule has 0 radical (unpaired) electrons. The van der Waals surface area contributed by atoms with Gasteiger partial charge in [-0.25, -0.2) is 8.42 Å². The van der Waals surface area contributed by atoms with E-state index in [0.717, 1.165) is 30.6 Å². The molecule has 160 valence electrons. The molecular weight excluding hydrogens is 426 g/mol. The quantitative estimate of drug-likeness (QED) is 0.689. The molecule has 0 aliphatic carbocycles. The van der Waals surface area contributed by atoms with Crippen molar-refractivity contribution in [2.75, 3.05) is 25.5 Å². The maximum Gasteiger partial charge on any atom is 0.224 e. The van der Waals surface area contributed by atoms with Gasteiger partial charge in [0.05, 0.1) is 29.9 Å². The second-order valence-electron chi connectivity index (χ2n) is 7.52. The SMILES string of the molecule is O=C(CCS(=O)(=O)c1ccc(Cl)cc1)N1CCC[C@@H]1c1ccc2c(c1)OCCCO2. The minimum Gasteiger partial charge on any atom is -0.490 e. The number of hydrogen-bond donors (Lipinski definition) is 0. The van der Waals surface area contributed by atoms with Crippen molar-refractivity contribution in [2.24, 2.45) is 0 Å². The summed E-state index contributed by atoms with van der Waals surface area (Å²) in [6.07, 6.45) is 2.51. The molecule has 8 heteroatoms. The Morgan fingerprint density at radius 1 is 1.03 bits per heavy atom. The lowest BCUT2D eigenvalue weighted by molar-refractivity contribution is -0.131. The van der Waals surface area contributed by atoms with Crippen LogP contribution in [0.3, 0.4) is 0 Å². The maximum atomic E-state index is 12.9. The molecule has 2 aromatic carbocycles. The third kappa shape index (κ3) is 4.57. The fourth-order valence-electron chi connectivity index (χ4n) is 3.92. The van der Waals surface area contributed by atoms with E-state index in [1.54, 1.807) is 4.90 Å². The first-order valence-electron chi connectivity index (χ1n) is 10.1. The molecule has 0 spiro atoms. The number of nitrogens with zero attached hydrogens (tertiary/aromatic N) is 1. The lowest BCUT2D eigenvalue weighted by Crippen LogP contribution is -2.31. The van der Waals surface area contributed by atoms with Crippen molar-refractivity contribution in [3.05, 3.63) is 53.1 Å². The standard InChI is InChI=1S/C22H24ClNO5S/c23-17-5-7-18(8-6-17)30(26,27)14-10-22(25)24-11-1-3-19(24)16-4-9-20-21(15-16)29-13-2-12-28-20/h4-9,15,19H,1-3,10-14H2/t19-/m1/s1. The smallest absolute Gasteiger partial charge is 0.224 e. The van der Waals surface area contributed by atoms with Crippen molar-refractivity contribution >= 4 is 27.3 Å². The number of ether oxygens (including phenoxy) is 2. The van der Waals surface area contributed by atoms with Gasteiger partial charge in [0.2, 0.25) is 5.91 Å².